The van der Waals surface area contributed by atoms with Gasteiger partial charge in [-0.25, -0.2) is 4.68 Å². The van der Waals surface area contributed by atoms with Crippen LogP contribution in [0.1, 0.15) is 43.5 Å². The first kappa shape index (κ1) is 27.6. The lowest BCUT2D eigenvalue weighted by Gasteiger charge is -2.35. The first-order valence-corrected chi connectivity index (χ1v) is 12.7. The molecule has 1 heterocycles. The molecule has 204 valence electrons. The molecule has 0 saturated heterocycles. The Morgan fingerprint density at radius 3 is 2.38 bits per heavy atom. The molecule has 39 heavy (non-hydrogen) atoms. The monoisotopic (exact) mass is 529 g/mol. The van der Waals surface area contributed by atoms with Crippen molar-refractivity contribution in [2.45, 2.75) is 52.7 Å². The number of methoxy groups -OCH3 is 2. The summed E-state index contributed by atoms with van der Waals surface area (Å²) in [4.78, 5) is 30.0. The molecule has 9 heteroatoms. The van der Waals surface area contributed by atoms with Gasteiger partial charge in [-0.2, -0.15) is 0 Å². The highest BCUT2D eigenvalue weighted by atomic mass is 16.5. The number of hydrogen-bond donors (Lipinski definition) is 1. The van der Waals surface area contributed by atoms with Crippen LogP contribution < -0.4 is 19.7 Å². The van der Waals surface area contributed by atoms with E-state index in [1.807, 2.05) is 77.1 Å². The number of benzene rings is 3. The highest BCUT2D eigenvalue weighted by molar-refractivity contribution is 6.02. The van der Waals surface area contributed by atoms with Crippen LogP contribution in [-0.2, 0) is 16.1 Å². The van der Waals surface area contributed by atoms with Gasteiger partial charge in [0, 0.05) is 16.8 Å². The molecular formula is C30H35N5O4. The number of carbonyl (C=O) groups excluding carboxylic acids is 2. The van der Waals surface area contributed by atoms with Crippen molar-refractivity contribution in [1.29, 1.82) is 0 Å². The van der Waals surface area contributed by atoms with E-state index in [0.29, 0.717) is 28.3 Å². The molecule has 4 aromatic rings. The predicted molar refractivity (Wildman–Crippen MR) is 151 cm³/mol. The second-order valence-electron chi connectivity index (χ2n) is 10.4. The summed E-state index contributed by atoms with van der Waals surface area (Å²) in [6.45, 7) is 9.49. The van der Waals surface area contributed by atoms with Crippen LogP contribution in [0.3, 0.4) is 0 Å². The van der Waals surface area contributed by atoms with Crippen molar-refractivity contribution in [3.63, 3.8) is 0 Å². The number of amides is 2. The number of ether oxygens (including phenoxy) is 2. The maximum absolute atomic E-state index is 14.3. The van der Waals surface area contributed by atoms with E-state index in [1.165, 1.54) is 19.1 Å². The zero-order chi connectivity index (χ0) is 28.3. The Morgan fingerprint density at radius 1 is 0.974 bits per heavy atom. The van der Waals surface area contributed by atoms with Crippen molar-refractivity contribution in [3.05, 3.63) is 77.4 Å². The maximum Gasteiger partial charge on any atom is 0.249 e. The second kappa shape index (κ2) is 11.1. The molecule has 0 radical (unpaired) electrons. The number of para-hydroxylation sites is 2. The van der Waals surface area contributed by atoms with E-state index in [2.05, 4.69) is 15.6 Å². The molecule has 4 rings (SSSR count). The van der Waals surface area contributed by atoms with Crippen LogP contribution in [0.2, 0.25) is 0 Å². The SMILES string of the molecule is COc1cccc([C@H](C(=O)NC(C)(C)C)N(C(=O)Cn2nnc3ccccc32)c2cccc(C)c2C)c1OC. The van der Waals surface area contributed by atoms with E-state index in [9.17, 15) is 9.59 Å². The summed E-state index contributed by atoms with van der Waals surface area (Å²) in [7, 11) is 3.06. The Hall–Kier alpha value is -4.40. The minimum Gasteiger partial charge on any atom is -0.493 e. The largest absolute Gasteiger partial charge is 0.493 e. The molecule has 0 fully saturated rings. The minimum absolute atomic E-state index is 0.126. The van der Waals surface area contributed by atoms with Crippen LogP contribution in [0.5, 0.6) is 11.5 Å². The van der Waals surface area contributed by atoms with Crippen molar-refractivity contribution in [1.82, 2.24) is 20.3 Å². The highest BCUT2D eigenvalue weighted by Gasteiger charge is 2.38. The number of anilines is 1. The van der Waals surface area contributed by atoms with E-state index in [1.54, 1.807) is 22.9 Å². The molecule has 2 amide bonds. The molecule has 1 N–H and O–H groups in total. The molecule has 1 aromatic heterocycles. The fourth-order valence-electron chi connectivity index (χ4n) is 4.62. The van der Waals surface area contributed by atoms with E-state index < -0.39 is 11.6 Å². The highest BCUT2D eigenvalue weighted by Crippen LogP contribution is 2.40. The summed E-state index contributed by atoms with van der Waals surface area (Å²) >= 11 is 0. The summed E-state index contributed by atoms with van der Waals surface area (Å²) < 4.78 is 12.8. The molecule has 0 bridgehead atoms. The molecule has 1 atom stereocenters. The first-order valence-electron chi connectivity index (χ1n) is 12.7. The molecule has 0 saturated carbocycles. The van der Waals surface area contributed by atoms with Crippen LogP contribution in [0, 0.1) is 13.8 Å². The summed E-state index contributed by atoms with van der Waals surface area (Å²) in [6.07, 6.45) is 0. The third kappa shape index (κ3) is 5.72. The minimum atomic E-state index is -1.07. The lowest BCUT2D eigenvalue weighted by Crippen LogP contribution is -2.50. The van der Waals surface area contributed by atoms with Crippen LogP contribution in [0.4, 0.5) is 5.69 Å². The smallest absolute Gasteiger partial charge is 0.249 e. The molecular weight excluding hydrogens is 494 g/mol. The van der Waals surface area contributed by atoms with Crippen LogP contribution >= 0.6 is 0 Å². The van der Waals surface area contributed by atoms with Crippen molar-refractivity contribution in [2.24, 2.45) is 0 Å². The number of carbonyl (C=O) groups is 2. The van der Waals surface area contributed by atoms with Crippen LogP contribution in [-0.4, -0.2) is 46.6 Å². The number of nitrogens with zero attached hydrogens (tertiary/aromatic N) is 4. The quantitative estimate of drug-likeness (QED) is 0.354. The third-order valence-electron chi connectivity index (χ3n) is 6.54. The standard InChI is InChI=1S/C30H35N5O4/c1-19-12-10-16-23(20(19)2)35(26(36)18-34-24-15-9-8-14-22(24)32-33-34)27(29(37)31-30(3,4)5)21-13-11-17-25(38-6)28(21)39-7/h8-17,27H,18H2,1-7H3,(H,31,37)/t27-/m1/s1. The fraction of sp³-hybridized carbons (Fsp3) is 0.333. The lowest BCUT2D eigenvalue weighted by atomic mass is 9.97. The Labute approximate surface area is 228 Å². The number of rotatable bonds is 8. The van der Waals surface area contributed by atoms with Gasteiger partial charge in [0.05, 0.1) is 19.7 Å². The van der Waals surface area contributed by atoms with E-state index in [4.69, 9.17) is 9.47 Å². The molecule has 0 aliphatic carbocycles. The van der Waals surface area contributed by atoms with Crippen molar-refractivity contribution in [3.8, 4) is 11.5 Å². The molecule has 0 spiro atoms. The van der Waals surface area contributed by atoms with Gasteiger partial charge in [-0.15, -0.1) is 5.10 Å². The van der Waals surface area contributed by atoms with Crippen molar-refractivity contribution >= 4 is 28.5 Å². The van der Waals surface area contributed by atoms with Crippen LogP contribution in [0.25, 0.3) is 11.0 Å². The summed E-state index contributed by atoms with van der Waals surface area (Å²) in [5, 5.41) is 11.5. The maximum atomic E-state index is 14.3. The van der Waals surface area contributed by atoms with Gasteiger partial charge in [0.15, 0.2) is 11.5 Å². The summed E-state index contributed by atoms with van der Waals surface area (Å²) in [5.74, 6) is 0.146. The van der Waals surface area contributed by atoms with Gasteiger partial charge in [0.1, 0.15) is 18.1 Å². The first-order chi connectivity index (χ1) is 18.6. The van der Waals surface area contributed by atoms with Gasteiger partial charge in [0.2, 0.25) is 11.8 Å². The third-order valence-corrected chi connectivity index (χ3v) is 6.54. The number of nitrogens with one attached hydrogen (secondary N) is 1. The molecule has 9 nitrogen and oxygen atoms in total. The van der Waals surface area contributed by atoms with Gasteiger partial charge in [0.25, 0.3) is 0 Å². The fourth-order valence-corrected chi connectivity index (χ4v) is 4.62. The summed E-state index contributed by atoms with van der Waals surface area (Å²) in [5.41, 5.74) is 3.83. The molecule has 3 aromatic carbocycles. The van der Waals surface area contributed by atoms with Gasteiger partial charge in [-0.1, -0.05) is 41.6 Å². The number of hydrogen-bond acceptors (Lipinski definition) is 6. The van der Waals surface area contributed by atoms with Gasteiger partial charge in [-0.05, 0) is 70.0 Å². The van der Waals surface area contributed by atoms with Gasteiger partial charge < -0.3 is 14.8 Å². The topological polar surface area (TPSA) is 98.6 Å². The molecule has 0 aliphatic heterocycles. The predicted octanol–water partition coefficient (Wildman–Crippen LogP) is 4.75. The zero-order valence-electron chi connectivity index (χ0n) is 23.5. The normalized spacial score (nSPS) is 12.2. The Bertz CT molecular complexity index is 1510. The van der Waals surface area contributed by atoms with E-state index in [0.717, 1.165) is 16.6 Å². The number of aryl methyl sites for hydroxylation is 1. The van der Waals surface area contributed by atoms with Crippen molar-refractivity contribution in [2.75, 3.05) is 19.1 Å². The average Bonchev–Trinajstić information content (AvgIpc) is 3.30. The summed E-state index contributed by atoms with van der Waals surface area (Å²) in [6, 6.07) is 17.4. The van der Waals surface area contributed by atoms with E-state index >= 15 is 0 Å². The van der Waals surface area contributed by atoms with Gasteiger partial charge in [-0.3, -0.25) is 14.5 Å². The Morgan fingerprint density at radius 2 is 1.69 bits per heavy atom. The van der Waals surface area contributed by atoms with Crippen molar-refractivity contribution < 1.29 is 19.1 Å². The number of fused-ring (bicyclic) bond motifs is 1. The zero-order valence-corrected chi connectivity index (χ0v) is 23.5. The number of aromatic nitrogens is 3. The second-order valence-corrected chi connectivity index (χ2v) is 10.4. The Kier molecular flexibility index (Phi) is 7.90. The lowest BCUT2D eigenvalue weighted by molar-refractivity contribution is -0.128. The van der Waals surface area contributed by atoms with Gasteiger partial charge >= 0.3 is 0 Å². The van der Waals surface area contributed by atoms with E-state index in [-0.39, 0.29) is 18.4 Å². The Balaban J connectivity index is 1.94. The average molecular weight is 530 g/mol. The van der Waals surface area contributed by atoms with Crippen LogP contribution in [0.15, 0.2) is 60.7 Å². The molecule has 0 unspecified atom stereocenters. The molecule has 0 aliphatic rings.